The van der Waals surface area contributed by atoms with E-state index in [1.165, 1.54) is 12.1 Å². The van der Waals surface area contributed by atoms with Gasteiger partial charge >= 0.3 is 0 Å². The summed E-state index contributed by atoms with van der Waals surface area (Å²) in [5, 5.41) is 11.0. The number of nitrogen functional groups attached to an aromatic ring is 1. The number of nitrogens with two attached hydrogens (primary N) is 1. The highest BCUT2D eigenvalue weighted by molar-refractivity contribution is 7.99. The number of nitro benzene ring substituents is 1. The van der Waals surface area contributed by atoms with Crippen LogP contribution in [0.15, 0.2) is 12.1 Å². The lowest BCUT2D eigenvalue weighted by Gasteiger charge is -2.20. The van der Waals surface area contributed by atoms with Gasteiger partial charge in [-0.3, -0.25) is 14.9 Å². The average molecular weight is 316 g/mol. The summed E-state index contributed by atoms with van der Waals surface area (Å²) < 4.78 is 0. The smallest absolute Gasteiger partial charge is 0.294 e. The molecule has 8 heteroatoms. The minimum absolute atomic E-state index is 0.0340. The van der Waals surface area contributed by atoms with Gasteiger partial charge in [-0.1, -0.05) is 11.6 Å². The van der Waals surface area contributed by atoms with E-state index in [0.29, 0.717) is 13.1 Å². The molecule has 1 saturated heterocycles. The molecule has 0 saturated carbocycles. The van der Waals surface area contributed by atoms with Crippen LogP contribution in [0.1, 0.15) is 16.8 Å². The van der Waals surface area contributed by atoms with Crippen LogP contribution in [0.25, 0.3) is 0 Å². The molecule has 0 bridgehead atoms. The Bertz CT molecular complexity index is 545. The van der Waals surface area contributed by atoms with Gasteiger partial charge in [0.2, 0.25) is 0 Å². The Balaban J connectivity index is 2.31. The van der Waals surface area contributed by atoms with Gasteiger partial charge in [-0.15, -0.1) is 0 Å². The van der Waals surface area contributed by atoms with Crippen molar-refractivity contribution in [3.05, 3.63) is 32.8 Å². The number of hydrogen-bond acceptors (Lipinski definition) is 5. The fourth-order valence-corrected chi connectivity index (χ4v) is 3.11. The quantitative estimate of drug-likeness (QED) is 0.514. The molecule has 6 nitrogen and oxygen atoms in total. The third-order valence-electron chi connectivity index (χ3n) is 3.06. The van der Waals surface area contributed by atoms with Crippen LogP contribution in [0.4, 0.5) is 11.4 Å². The zero-order valence-electron chi connectivity index (χ0n) is 10.7. The fourth-order valence-electron chi connectivity index (χ4n) is 2.01. The Morgan fingerprint density at radius 1 is 1.40 bits per heavy atom. The maximum absolute atomic E-state index is 12.4. The minimum Gasteiger partial charge on any atom is -0.392 e. The summed E-state index contributed by atoms with van der Waals surface area (Å²) in [6, 6.07) is 2.59. The van der Waals surface area contributed by atoms with Gasteiger partial charge in [-0.25, -0.2) is 0 Å². The molecular formula is C12H14ClN3O3S. The van der Waals surface area contributed by atoms with Crippen LogP contribution < -0.4 is 5.73 Å². The monoisotopic (exact) mass is 315 g/mol. The zero-order valence-corrected chi connectivity index (χ0v) is 12.2. The number of anilines is 1. The molecule has 1 fully saturated rings. The second-order valence-corrected chi connectivity index (χ2v) is 6.04. The first kappa shape index (κ1) is 14.9. The molecule has 1 aromatic rings. The lowest BCUT2D eigenvalue weighted by molar-refractivity contribution is -0.383. The third kappa shape index (κ3) is 3.16. The lowest BCUT2D eigenvalue weighted by Crippen LogP contribution is -2.33. The molecular weight excluding hydrogens is 302 g/mol. The van der Waals surface area contributed by atoms with Gasteiger partial charge in [-0.2, -0.15) is 11.8 Å². The van der Waals surface area contributed by atoms with Gasteiger partial charge in [0, 0.05) is 30.5 Å². The summed E-state index contributed by atoms with van der Waals surface area (Å²) in [4.78, 5) is 24.4. The van der Waals surface area contributed by atoms with Crippen LogP contribution >= 0.6 is 23.4 Å². The largest absolute Gasteiger partial charge is 0.392 e. The van der Waals surface area contributed by atoms with E-state index in [0.717, 1.165) is 17.9 Å². The Morgan fingerprint density at radius 3 is 2.85 bits per heavy atom. The molecule has 2 N–H and O–H groups in total. The van der Waals surface area contributed by atoms with Crippen molar-refractivity contribution in [3.8, 4) is 0 Å². The molecule has 2 rings (SSSR count). The summed E-state index contributed by atoms with van der Waals surface area (Å²) in [6.07, 6.45) is 0.918. The number of nitro groups is 1. The Labute approximate surface area is 125 Å². The molecule has 1 amide bonds. The highest BCUT2D eigenvalue weighted by atomic mass is 35.5. The van der Waals surface area contributed by atoms with Crippen molar-refractivity contribution in [1.82, 2.24) is 4.90 Å². The van der Waals surface area contributed by atoms with Crippen molar-refractivity contribution in [1.29, 1.82) is 0 Å². The summed E-state index contributed by atoms with van der Waals surface area (Å²) >= 11 is 7.67. The molecule has 0 aliphatic carbocycles. The van der Waals surface area contributed by atoms with Crippen molar-refractivity contribution in [3.63, 3.8) is 0 Å². The average Bonchev–Trinajstić information content (AvgIpc) is 2.69. The normalized spacial score (nSPS) is 15.8. The van der Waals surface area contributed by atoms with Gasteiger partial charge in [0.05, 0.1) is 9.95 Å². The zero-order chi connectivity index (χ0) is 14.7. The summed E-state index contributed by atoms with van der Waals surface area (Å²) in [7, 11) is 0. The van der Waals surface area contributed by atoms with Gasteiger partial charge in [0.15, 0.2) is 0 Å². The second kappa shape index (κ2) is 6.32. The minimum atomic E-state index is -0.629. The van der Waals surface area contributed by atoms with Crippen molar-refractivity contribution in [2.45, 2.75) is 6.42 Å². The highest BCUT2D eigenvalue weighted by Gasteiger charge is 2.23. The SMILES string of the molecule is Nc1c(Cl)cc(C(=O)N2CCCSCC2)cc1[N+](=O)[O-]. The number of hydrogen-bond donors (Lipinski definition) is 1. The van der Waals surface area contributed by atoms with Crippen LogP contribution in [0.3, 0.4) is 0 Å². The van der Waals surface area contributed by atoms with E-state index in [9.17, 15) is 14.9 Å². The van der Waals surface area contributed by atoms with E-state index < -0.39 is 4.92 Å². The van der Waals surface area contributed by atoms with Crippen LogP contribution in [-0.2, 0) is 0 Å². The predicted octanol–water partition coefficient (Wildman–Crippen LogP) is 2.41. The van der Waals surface area contributed by atoms with Crippen molar-refractivity contribution in [2.75, 3.05) is 30.3 Å². The van der Waals surface area contributed by atoms with E-state index >= 15 is 0 Å². The fraction of sp³-hybridized carbons (Fsp3) is 0.417. The highest BCUT2D eigenvalue weighted by Crippen LogP contribution is 2.31. The standard InChI is InChI=1S/C12H14ClN3O3S/c13-9-6-8(7-10(11(9)14)16(18)19)12(17)15-2-1-4-20-5-3-15/h6-7H,1-5,14H2. The summed E-state index contributed by atoms with van der Waals surface area (Å²) in [5.74, 6) is 1.65. The van der Waals surface area contributed by atoms with Crippen molar-refractivity contribution in [2.24, 2.45) is 0 Å². The number of carbonyl (C=O) groups excluding carboxylic acids is 1. The van der Waals surface area contributed by atoms with E-state index in [-0.39, 0.29) is 27.9 Å². The lowest BCUT2D eigenvalue weighted by atomic mass is 10.1. The Morgan fingerprint density at radius 2 is 2.15 bits per heavy atom. The number of halogens is 1. The maximum Gasteiger partial charge on any atom is 0.294 e. The third-order valence-corrected chi connectivity index (χ3v) is 4.42. The van der Waals surface area contributed by atoms with E-state index in [2.05, 4.69) is 0 Å². The van der Waals surface area contributed by atoms with Crippen LogP contribution in [0.2, 0.25) is 5.02 Å². The topological polar surface area (TPSA) is 89.5 Å². The number of carbonyl (C=O) groups is 1. The number of nitrogens with zero attached hydrogens (tertiary/aromatic N) is 2. The van der Waals surface area contributed by atoms with Crippen molar-refractivity contribution < 1.29 is 9.72 Å². The molecule has 0 radical (unpaired) electrons. The number of rotatable bonds is 2. The molecule has 0 aromatic heterocycles. The van der Waals surface area contributed by atoms with Crippen LogP contribution in [-0.4, -0.2) is 40.3 Å². The molecule has 20 heavy (non-hydrogen) atoms. The Kier molecular flexibility index (Phi) is 4.72. The Hall–Kier alpha value is -1.47. The number of thioether (sulfide) groups is 1. The molecule has 108 valence electrons. The molecule has 1 aliphatic heterocycles. The first-order valence-corrected chi connectivity index (χ1v) is 7.64. The van der Waals surface area contributed by atoms with Crippen molar-refractivity contribution >= 4 is 40.6 Å². The van der Waals surface area contributed by atoms with Gasteiger partial charge in [0.1, 0.15) is 5.69 Å². The van der Waals surface area contributed by atoms with Crippen LogP contribution in [0, 0.1) is 10.1 Å². The van der Waals surface area contributed by atoms with Gasteiger partial charge in [-0.05, 0) is 18.2 Å². The van der Waals surface area contributed by atoms with Crippen LogP contribution in [0.5, 0.6) is 0 Å². The summed E-state index contributed by atoms with van der Waals surface area (Å²) in [5.41, 5.74) is 5.32. The number of benzene rings is 1. The first-order valence-electron chi connectivity index (χ1n) is 6.11. The molecule has 0 atom stereocenters. The van der Waals surface area contributed by atoms with E-state index in [1.807, 2.05) is 0 Å². The van der Waals surface area contributed by atoms with Gasteiger partial charge in [0.25, 0.3) is 11.6 Å². The second-order valence-electron chi connectivity index (χ2n) is 4.41. The molecule has 0 unspecified atom stereocenters. The van der Waals surface area contributed by atoms with E-state index in [4.69, 9.17) is 17.3 Å². The molecule has 1 aliphatic rings. The molecule has 1 heterocycles. The number of amides is 1. The first-order chi connectivity index (χ1) is 9.50. The molecule has 0 spiro atoms. The van der Waals surface area contributed by atoms with E-state index in [1.54, 1.807) is 16.7 Å². The van der Waals surface area contributed by atoms with Gasteiger partial charge < -0.3 is 10.6 Å². The maximum atomic E-state index is 12.4. The molecule has 1 aromatic carbocycles. The summed E-state index contributed by atoms with van der Waals surface area (Å²) in [6.45, 7) is 1.29. The predicted molar refractivity (Wildman–Crippen MR) is 80.4 cm³/mol.